The molecule has 3 aromatic rings. The summed E-state index contributed by atoms with van der Waals surface area (Å²) in [7, 11) is 0. The number of fused-ring (bicyclic) bond motifs is 1. The summed E-state index contributed by atoms with van der Waals surface area (Å²) in [5, 5.41) is 10.3. The fourth-order valence-corrected chi connectivity index (χ4v) is 4.50. The normalized spacial score (nSPS) is 17.0. The summed E-state index contributed by atoms with van der Waals surface area (Å²) in [5.41, 5.74) is 8.72. The number of halogens is 3. The van der Waals surface area contributed by atoms with Gasteiger partial charge in [0.1, 0.15) is 12.4 Å². The minimum atomic E-state index is -2.76. The fraction of sp³-hybridized carbons (Fsp3) is 0.259. The predicted molar refractivity (Wildman–Crippen MR) is 137 cm³/mol. The first-order chi connectivity index (χ1) is 18.3. The molecule has 196 valence electrons. The first-order valence-electron chi connectivity index (χ1n) is 12.0. The number of anilines is 2. The Morgan fingerprint density at radius 3 is 2.66 bits per heavy atom. The number of nitrogens with zero attached hydrogens (tertiary/aromatic N) is 3. The molecule has 2 heterocycles. The van der Waals surface area contributed by atoms with Crippen LogP contribution in [0.25, 0.3) is 17.0 Å². The molecule has 11 heteroatoms. The number of aromatic nitrogens is 2. The molecular formula is C27H25F3N6O2. The van der Waals surface area contributed by atoms with Gasteiger partial charge in [0.2, 0.25) is 11.8 Å². The van der Waals surface area contributed by atoms with Crippen molar-refractivity contribution in [2.24, 2.45) is 11.7 Å². The third kappa shape index (κ3) is 5.17. The first kappa shape index (κ1) is 25.2. The lowest BCUT2D eigenvalue weighted by Gasteiger charge is -2.36. The van der Waals surface area contributed by atoms with Crippen LogP contribution in [-0.2, 0) is 11.3 Å². The Hall–Kier alpha value is -4.41. The zero-order valence-corrected chi connectivity index (χ0v) is 20.3. The highest BCUT2D eigenvalue weighted by atomic mass is 19.3. The molecular weight excluding hydrogens is 497 g/mol. The highest BCUT2D eigenvalue weighted by Gasteiger charge is 2.49. The Labute approximate surface area is 216 Å². The largest absolute Gasteiger partial charge is 0.491 e. The number of benzene rings is 2. The standard InChI is InChI=1S/C27H25F3N6O2/c28-22-14-33-24(35-25(22)34-21-5-3-16(4-6-21)20(12-31)13-32)17-1-2-18-15-36(7-8-38-23(18)9-17)26(37)19-10-27(29,30)11-19/h1-6,9,12-14,19,31H,7-8,10-11,15,32H2,(H,33,34,35). The summed E-state index contributed by atoms with van der Waals surface area (Å²) in [5.74, 6) is -3.55. The molecule has 0 spiro atoms. The van der Waals surface area contributed by atoms with Crippen LogP contribution < -0.4 is 15.8 Å². The van der Waals surface area contributed by atoms with Gasteiger partial charge in [-0.05, 0) is 23.8 Å². The fourth-order valence-electron chi connectivity index (χ4n) is 4.50. The van der Waals surface area contributed by atoms with Gasteiger partial charge >= 0.3 is 0 Å². The molecule has 0 unspecified atom stereocenters. The van der Waals surface area contributed by atoms with E-state index in [9.17, 15) is 18.0 Å². The van der Waals surface area contributed by atoms with E-state index in [1.165, 1.54) is 6.20 Å². The first-order valence-corrected chi connectivity index (χ1v) is 12.0. The van der Waals surface area contributed by atoms with Gasteiger partial charge < -0.3 is 26.1 Å². The second kappa shape index (κ2) is 10.2. The summed E-state index contributed by atoms with van der Waals surface area (Å²) in [6.07, 6.45) is 2.74. The number of hydrogen-bond donors (Lipinski definition) is 3. The lowest BCUT2D eigenvalue weighted by atomic mass is 9.80. The quantitative estimate of drug-likeness (QED) is 0.403. The van der Waals surface area contributed by atoms with Crippen molar-refractivity contribution < 1.29 is 22.7 Å². The number of alkyl halides is 2. The number of hydrogen-bond acceptors (Lipinski definition) is 7. The van der Waals surface area contributed by atoms with Crippen LogP contribution in [0.4, 0.5) is 24.7 Å². The van der Waals surface area contributed by atoms with Crippen LogP contribution >= 0.6 is 0 Å². The predicted octanol–water partition coefficient (Wildman–Crippen LogP) is 4.74. The Kier molecular flexibility index (Phi) is 6.75. The van der Waals surface area contributed by atoms with E-state index in [0.29, 0.717) is 29.1 Å². The van der Waals surface area contributed by atoms with Crippen molar-refractivity contribution in [3.8, 4) is 17.1 Å². The molecule has 1 saturated carbocycles. The molecule has 1 aliphatic heterocycles. The molecule has 1 aromatic heterocycles. The third-order valence-electron chi connectivity index (χ3n) is 6.62. The zero-order valence-electron chi connectivity index (χ0n) is 20.3. The lowest BCUT2D eigenvalue weighted by Crippen LogP contribution is -2.47. The summed E-state index contributed by atoms with van der Waals surface area (Å²) in [6.45, 7) is 0.771. The van der Waals surface area contributed by atoms with Crippen LogP contribution in [0.3, 0.4) is 0 Å². The molecule has 2 aromatic carbocycles. The van der Waals surface area contributed by atoms with Crippen LogP contribution in [-0.4, -0.2) is 46.1 Å². The van der Waals surface area contributed by atoms with Gasteiger partial charge in [-0.3, -0.25) is 4.79 Å². The maximum atomic E-state index is 14.5. The van der Waals surface area contributed by atoms with Crippen molar-refractivity contribution in [2.45, 2.75) is 25.3 Å². The van der Waals surface area contributed by atoms with Gasteiger partial charge in [0.15, 0.2) is 17.5 Å². The maximum Gasteiger partial charge on any atom is 0.249 e. The molecule has 1 amide bonds. The summed E-state index contributed by atoms with van der Waals surface area (Å²) in [4.78, 5) is 22.7. The third-order valence-corrected chi connectivity index (χ3v) is 6.62. The molecule has 5 rings (SSSR count). The van der Waals surface area contributed by atoms with E-state index in [4.69, 9.17) is 15.9 Å². The van der Waals surface area contributed by atoms with Crippen LogP contribution in [0.1, 0.15) is 24.0 Å². The van der Waals surface area contributed by atoms with Crippen LogP contribution in [0.5, 0.6) is 5.75 Å². The number of carbonyl (C=O) groups excluding carboxylic acids is 1. The van der Waals surface area contributed by atoms with Gasteiger partial charge in [0, 0.05) is 60.1 Å². The van der Waals surface area contributed by atoms with E-state index < -0.39 is 30.5 Å². The second-order valence-corrected chi connectivity index (χ2v) is 9.25. The molecule has 0 radical (unpaired) electrons. The zero-order chi connectivity index (χ0) is 26.9. The molecule has 0 saturated heterocycles. The molecule has 1 fully saturated rings. The maximum absolute atomic E-state index is 14.5. The molecule has 0 atom stereocenters. The average molecular weight is 523 g/mol. The van der Waals surface area contributed by atoms with Crippen molar-refractivity contribution in [3.63, 3.8) is 0 Å². The van der Waals surface area contributed by atoms with E-state index >= 15 is 0 Å². The average Bonchev–Trinajstić information content (AvgIpc) is 3.12. The SMILES string of the molecule is N=CC(=CN)c1ccc(Nc2nc(-c3ccc4c(c3)OCCN(C(=O)C3CC(F)(F)C3)C4)ncc2F)cc1. The minimum absolute atomic E-state index is 0.0191. The van der Waals surface area contributed by atoms with Crippen molar-refractivity contribution in [1.82, 2.24) is 14.9 Å². The molecule has 0 bridgehead atoms. The van der Waals surface area contributed by atoms with Crippen LogP contribution in [0.15, 0.2) is 54.9 Å². The summed E-state index contributed by atoms with van der Waals surface area (Å²) >= 11 is 0. The number of nitrogens with one attached hydrogen (secondary N) is 2. The number of rotatable bonds is 6. The molecule has 2 aliphatic rings. The smallest absolute Gasteiger partial charge is 0.249 e. The van der Waals surface area contributed by atoms with Gasteiger partial charge in [-0.25, -0.2) is 23.1 Å². The van der Waals surface area contributed by atoms with Crippen LogP contribution in [0.2, 0.25) is 0 Å². The van der Waals surface area contributed by atoms with E-state index in [1.54, 1.807) is 47.4 Å². The molecule has 4 N–H and O–H groups in total. The van der Waals surface area contributed by atoms with Crippen molar-refractivity contribution in [3.05, 3.63) is 71.8 Å². The van der Waals surface area contributed by atoms with Crippen LogP contribution in [0, 0.1) is 17.1 Å². The Morgan fingerprint density at radius 2 is 1.97 bits per heavy atom. The monoisotopic (exact) mass is 522 g/mol. The Bertz CT molecular complexity index is 1400. The number of nitrogens with two attached hydrogens (primary N) is 1. The Morgan fingerprint density at radius 1 is 1.21 bits per heavy atom. The van der Waals surface area contributed by atoms with Crippen molar-refractivity contribution >= 4 is 29.2 Å². The number of ether oxygens (including phenoxy) is 1. The van der Waals surface area contributed by atoms with Gasteiger partial charge in [0.25, 0.3) is 0 Å². The van der Waals surface area contributed by atoms with E-state index in [0.717, 1.165) is 23.5 Å². The number of allylic oxidation sites excluding steroid dienone is 1. The molecule has 38 heavy (non-hydrogen) atoms. The highest BCUT2D eigenvalue weighted by Crippen LogP contribution is 2.43. The molecule has 8 nitrogen and oxygen atoms in total. The Balaban J connectivity index is 1.33. The number of amides is 1. The molecule has 1 aliphatic carbocycles. The lowest BCUT2D eigenvalue weighted by molar-refractivity contribution is -0.160. The van der Waals surface area contributed by atoms with E-state index in [-0.39, 0.29) is 30.7 Å². The highest BCUT2D eigenvalue weighted by molar-refractivity contribution is 6.08. The van der Waals surface area contributed by atoms with Gasteiger partial charge in [-0.1, -0.05) is 24.3 Å². The van der Waals surface area contributed by atoms with E-state index in [1.807, 2.05) is 0 Å². The van der Waals surface area contributed by atoms with E-state index in [2.05, 4.69) is 15.3 Å². The topological polar surface area (TPSA) is 117 Å². The van der Waals surface area contributed by atoms with Crippen molar-refractivity contribution in [2.75, 3.05) is 18.5 Å². The van der Waals surface area contributed by atoms with Gasteiger partial charge in [0.05, 0.1) is 12.7 Å². The minimum Gasteiger partial charge on any atom is -0.491 e. The van der Waals surface area contributed by atoms with Crippen molar-refractivity contribution in [1.29, 1.82) is 5.41 Å². The second-order valence-electron chi connectivity index (χ2n) is 9.25. The summed E-state index contributed by atoms with van der Waals surface area (Å²) < 4.78 is 46.9. The van der Waals surface area contributed by atoms with Gasteiger partial charge in [-0.2, -0.15) is 0 Å². The summed E-state index contributed by atoms with van der Waals surface area (Å²) in [6, 6.07) is 12.2. The number of carbonyl (C=O) groups is 1. The van der Waals surface area contributed by atoms with Gasteiger partial charge in [-0.15, -0.1) is 0 Å².